The van der Waals surface area contributed by atoms with Crippen LogP contribution in [0.5, 0.6) is 0 Å². The predicted octanol–water partition coefficient (Wildman–Crippen LogP) is 3.43. The Bertz CT molecular complexity index is 1060. The third kappa shape index (κ3) is 3.08. The molecule has 6 heteroatoms. The molecule has 118 valence electrons. The molecule has 0 aromatic heterocycles. The fourth-order valence-electron chi connectivity index (χ4n) is 1.64. The zero-order chi connectivity index (χ0) is 32.8. The maximum atomic E-state index is 12.0. The van der Waals surface area contributed by atoms with Gasteiger partial charge in [0, 0.05) is 39.4 Å². The van der Waals surface area contributed by atoms with Crippen LogP contribution in [0.3, 0.4) is 0 Å². The maximum Gasteiger partial charge on any atom is 0.199 e. The molecule has 0 bridgehead atoms. The standard InChI is InChI=1S/C14H27NO3S2/c1-6-13(7-2)10-12(11-19-20(5,17)18)14(8-3,9-4)15(13)16/h10,16H,6-9,11H2,1-5H3/i1D3,2D3,3D3,4D3,6D2,7D2,8D2,9D2,15+1. The van der Waals surface area contributed by atoms with Gasteiger partial charge in [0.15, 0.2) is 8.87 Å². The zero-order valence-corrected chi connectivity index (χ0v) is 11.9. The van der Waals surface area contributed by atoms with Crippen LogP contribution in [-0.4, -0.2) is 41.8 Å². The first-order chi connectivity index (χ1) is 17.0. The van der Waals surface area contributed by atoms with E-state index >= 15 is 0 Å². The molecule has 1 aliphatic heterocycles. The van der Waals surface area contributed by atoms with Crippen LogP contribution in [0.4, 0.5) is 0 Å². The SMILES string of the molecule is [2H]C([2H])([2H])C([2H])([2H])C1(C([2H])([2H])C([2H])([2H])[2H])C=C(CSS(C)(=O)=O)C(C([2H])([2H])C([2H])([2H])[2H])(C([2H])([2H])C([2H])([2H])[2H])[15N]1O. The molecule has 1 heterocycles. The van der Waals surface area contributed by atoms with E-state index in [0.29, 0.717) is 6.26 Å². The lowest BCUT2D eigenvalue weighted by Gasteiger charge is -2.43. The smallest absolute Gasteiger partial charge is 0.199 e. The van der Waals surface area contributed by atoms with Crippen molar-refractivity contribution in [1.29, 1.82) is 0 Å². The fourth-order valence-corrected chi connectivity index (χ4v) is 3.30. The number of hydrogen-bond donors (Lipinski definition) is 1. The van der Waals surface area contributed by atoms with Gasteiger partial charge in [-0.1, -0.05) is 33.5 Å². The van der Waals surface area contributed by atoms with Gasteiger partial charge in [0.05, 0.1) is 11.1 Å². The lowest BCUT2D eigenvalue weighted by molar-refractivity contribution is -0.208. The fraction of sp³-hybridized carbons (Fsp3) is 0.857. The highest BCUT2D eigenvalue weighted by molar-refractivity contribution is 8.71. The molecule has 0 spiro atoms. The molecule has 0 atom stereocenters. The molecule has 20 heavy (non-hydrogen) atoms. The molecular weight excluding hydrogens is 295 g/mol. The molecule has 0 unspecified atom stereocenters. The molecule has 0 aromatic rings. The van der Waals surface area contributed by atoms with Gasteiger partial charge in [-0.15, -0.1) is 0 Å². The Morgan fingerprint density at radius 3 is 2.30 bits per heavy atom. The highest BCUT2D eigenvalue weighted by Crippen LogP contribution is 2.47. The van der Waals surface area contributed by atoms with E-state index in [1.807, 2.05) is 0 Å². The first-order valence-electron chi connectivity index (χ1n) is 15.0. The third-order valence-corrected chi connectivity index (χ3v) is 5.17. The van der Waals surface area contributed by atoms with Crippen LogP contribution in [0.15, 0.2) is 11.6 Å². The summed E-state index contributed by atoms with van der Waals surface area (Å²) in [5.74, 6) is -1.38. The van der Waals surface area contributed by atoms with Crippen LogP contribution in [-0.2, 0) is 8.87 Å². The highest BCUT2D eigenvalue weighted by atomic mass is 33.1. The lowest BCUT2D eigenvalue weighted by Crippen LogP contribution is -2.53. The molecule has 0 amide bonds. The van der Waals surface area contributed by atoms with Gasteiger partial charge in [-0.3, -0.25) is 0 Å². The van der Waals surface area contributed by atoms with Crippen molar-refractivity contribution >= 4 is 19.7 Å². The lowest BCUT2D eigenvalue weighted by atomic mass is 9.89. The second kappa shape index (κ2) is 6.38. The summed E-state index contributed by atoms with van der Waals surface area (Å²) in [6, 6.07) is 0. The summed E-state index contributed by atoms with van der Waals surface area (Å²) >= 11 is 0. The Balaban J connectivity index is 4.79. The Labute approximate surface area is 155 Å². The van der Waals surface area contributed by atoms with Crippen LogP contribution < -0.4 is 0 Å². The first-order valence-corrected chi connectivity index (χ1v) is 8.42. The minimum Gasteiger partial charge on any atom is -0.312 e. The van der Waals surface area contributed by atoms with Gasteiger partial charge in [-0.2, -0.15) is 5.06 Å². The number of nitrogens with zero attached hydrogens (tertiary/aromatic N) is 1. The normalized spacial score (nSPS) is 42.2. The third-order valence-electron chi connectivity index (χ3n) is 2.67. The Kier molecular flexibility index (Phi) is 1.43. The summed E-state index contributed by atoms with van der Waals surface area (Å²) < 4.78 is 184. The average Bonchev–Trinajstić information content (AvgIpc) is 2.94. The molecule has 1 N–H and O–H groups in total. The molecule has 4 nitrogen and oxygen atoms in total. The molecular formula is C14H27NO3S2. The van der Waals surface area contributed by atoms with E-state index in [0.717, 1.165) is 0 Å². The van der Waals surface area contributed by atoms with Crippen LogP contribution in [0.25, 0.3) is 0 Å². The van der Waals surface area contributed by atoms with Gasteiger partial charge in [0.2, 0.25) is 0 Å². The second-order valence-corrected chi connectivity index (χ2v) is 8.38. The van der Waals surface area contributed by atoms with E-state index in [4.69, 9.17) is 27.4 Å². The van der Waals surface area contributed by atoms with Crippen LogP contribution in [0.1, 0.15) is 80.3 Å². The summed E-state index contributed by atoms with van der Waals surface area (Å²) in [4.78, 5) is 0. The van der Waals surface area contributed by atoms with E-state index < -0.39 is 89.2 Å². The molecule has 0 aliphatic carbocycles. The largest absolute Gasteiger partial charge is 0.312 e. The molecule has 0 saturated heterocycles. The minimum absolute atomic E-state index is 0.100. The van der Waals surface area contributed by atoms with Gasteiger partial charge in [0.25, 0.3) is 0 Å². The van der Waals surface area contributed by atoms with Crippen molar-refractivity contribution in [2.45, 2.75) is 64.0 Å². The van der Waals surface area contributed by atoms with Gasteiger partial charge < -0.3 is 5.21 Å². The molecule has 0 fully saturated rings. The molecule has 1 aliphatic rings. The van der Waals surface area contributed by atoms with Crippen molar-refractivity contribution in [1.82, 2.24) is 5.06 Å². The molecule has 1 rings (SSSR count). The predicted molar refractivity (Wildman–Crippen MR) is 85.6 cm³/mol. The minimum atomic E-state index is -4.42. The van der Waals surface area contributed by atoms with Crippen molar-refractivity contribution in [2.24, 2.45) is 0 Å². The second-order valence-electron chi connectivity index (χ2n) is 3.92. The van der Waals surface area contributed by atoms with Crippen molar-refractivity contribution in [3.05, 3.63) is 11.6 Å². The van der Waals surface area contributed by atoms with Gasteiger partial charge in [0.1, 0.15) is 0 Å². The van der Waals surface area contributed by atoms with Gasteiger partial charge in [-0.25, -0.2) is 8.42 Å². The van der Waals surface area contributed by atoms with Gasteiger partial charge in [-0.05, 0) is 41.9 Å². The van der Waals surface area contributed by atoms with E-state index in [1.165, 1.54) is 0 Å². The Morgan fingerprint density at radius 2 is 1.85 bits per heavy atom. The van der Waals surface area contributed by atoms with E-state index in [2.05, 4.69) is 0 Å². The quantitative estimate of drug-likeness (QED) is 0.436. The van der Waals surface area contributed by atoms with Crippen LogP contribution >= 0.6 is 10.8 Å². The summed E-state index contributed by atoms with van der Waals surface area (Å²) in [5.41, 5.74) is -10.1. The number of hydrogen-bond acceptors (Lipinski definition) is 5. The topological polar surface area (TPSA) is 57.6 Å². The molecule has 0 saturated carbocycles. The van der Waals surface area contributed by atoms with E-state index in [9.17, 15) is 13.6 Å². The molecule has 0 aromatic carbocycles. The first kappa shape index (κ1) is 4.49. The molecule has 0 radical (unpaired) electrons. The summed E-state index contributed by atoms with van der Waals surface area (Å²) in [7, 11) is -4.50. The van der Waals surface area contributed by atoms with Crippen molar-refractivity contribution in [3.8, 4) is 0 Å². The number of rotatable bonds is 7. The van der Waals surface area contributed by atoms with E-state index in [1.54, 1.807) is 0 Å². The monoisotopic (exact) mass is 342 g/mol. The number of hydroxylamine groups is 2. The van der Waals surface area contributed by atoms with Crippen molar-refractivity contribution in [3.63, 3.8) is 0 Å². The maximum absolute atomic E-state index is 12.0. The van der Waals surface area contributed by atoms with Crippen molar-refractivity contribution < 1.29 is 41.0 Å². The zero-order valence-electron chi connectivity index (χ0n) is 30.3. The average molecular weight is 343 g/mol. The summed E-state index contributed by atoms with van der Waals surface area (Å²) in [6.45, 7) is -16.6. The van der Waals surface area contributed by atoms with E-state index in [-0.39, 0.29) is 16.9 Å². The van der Waals surface area contributed by atoms with Crippen LogP contribution in [0.2, 0.25) is 0 Å². The Hall–Kier alpha value is -0.0400. The Morgan fingerprint density at radius 1 is 1.30 bits per heavy atom. The summed E-state index contributed by atoms with van der Waals surface area (Å²) in [5, 5.41) is 10.5. The summed E-state index contributed by atoms with van der Waals surface area (Å²) in [6.07, 6.45) is -17.1. The van der Waals surface area contributed by atoms with Crippen LogP contribution in [0, 0.1) is 0 Å². The highest BCUT2D eigenvalue weighted by Gasteiger charge is 2.51. The van der Waals surface area contributed by atoms with Crippen molar-refractivity contribution in [2.75, 3.05) is 12.0 Å². The van der Waals surface area contributed by atoms with Gasteiger partial charge >= 0.3 is 0 Å².